The first-order chi connectivity index (χ1) is 11.4. The van der Waals surface area contributed by atoms with Crippen molar-refractivity contribution in [1.82, 2.24) is 0 Å². The summed E-state index contributed by atoms with van der Waals surface area (Å²) in [6, 6.07) is 4.64. The third-order valence-electron chi connectivity index (χ3n) is 3.94. The summed E-state index contributed by atoms with van der Waals surface area (Å²) in [5.41, 5.74) is -0.0140. The molecule has 0 N–H and O–H groups in total. The lowest BCUT2D eigenvalue weighted by Gasteiger charge is -2.19. The van der Waals surface area contributed by atoms with Crippen LogP contribution in [0.2, 0.25) is 0 Å². The van der Waals surface area contributed by atoms with Crippen LogP contribution in [0.4, 0.5) is 22.0 Å². The molecule has 0 saturated heterocycles. The van der Waals surface area contributed by atoms with Crippen LogP contribution in [0.3, 0.4) is 0 Å². The molecule has 0 saturated carbocycles. The topological polar surface area (TPSA) is 26.3 Å². The molecule has 1 aliphatic rings. The maximum Gasteiger partial charge on any atom is 0.200 e. The van der Waals surface area contributed by atoms with Gasteiger partial charge < -0.3 is 4.74 Å². The van der Waals surface area contributed by atoms with E-state index in [0.29, 0.717) is 30.4 Å². The Kier molecular flexibility index (Phi) is 4.26. The molecule has 3 rings (SSSR count). The Labute approximate surface area is 133 Å². The molecule has 0 amide bonds. The molecule has 0 atom stereocenters. The van der Waals surface area contributed by atoms with Crippen molar-refractivity contribution in [3.8, 4) is 5.75 Å². The lowest BCUT2D eigenvalue weighted by molar-refractivity contribution is 0.0971. The van der Waals surface area contributed by atoms with E-state index in [-0.39, 0.29) is 11.5 Å². The van der Waals surface area contributed by atoms with Crippen LogP contribution < -0.4 is 4.74 Å². The number of ketones is 1. The normalized spacial score (nSPS) is 13.8. The van der Waals surface area contributed by atoms with Crippen molar-refractivity contribution < 1.29 is 31.5 Å². The maximum atomic E-state index is 13.7. The lowest BCUT2D eigenvalue weighted by Crippen LogP contribution is -2.14. The largest absolute Gasteiger partial charge is 0.488 e. The van der Waals surface area contributed by atoms with Crippen molar-refractivity contribution in [3.05, 3.63) is 64.0 Å². The molecule has 2 aromatic carbocycles. The highest BCUT2D eigenvalue weighted by atomic mass is 19.2. The number of carbonyl (C=O) groups excluding carboxylic acids is 1. The smallest absolute Gasteiger partial charge is 0.200 e. The Morgan fingerprint density at radius 2 is 1.50 bits per heavy atom. The van der Waals surface area contributed by atoms with Crippen LogP contribution >= 0.6 is 0 Å². The first kappa shape index (κ1) is 16.4. The van der Waals surface area contributed by atoms with Crippen molar-refractivity contribution in [2.45, 2.75) is 25.9 Å². The van der Waals surface area contributed by atoms with Gasteiger partial charge in [0.15, 0.2) is 29.1 Å². The predicted molar refractivity (Wildman–Crippen MR) is 74.3 cm³/mol. The molecule has 0 radical (unpaired) electrons. The van der Waals surface area contributed by atoms with Gasteiger partial charge in [-0.05, 0) is 18.9 Å². The summed E-state index contributed by atoms with van der Waals surface area (Å²) in [6.45, 7) is -0.837. The van der Waals surface area contributed by atoms with E-state index in [0.717, 1.165) is 0 Å². The third-order valence-corrected chi connectivity index (χ3v) is 3.94. The molecular weight excluding hydrogens is 331 g/mol. The molecule has 0 heterocycles. The summed E-state index contributed by atoms with van der Waals surface area (Å²) in [5.74, 6) is -9.96. The Morgan fingerprint density at radius 1 is 0.875 bits per heavy atom. The molecule has 0 aliphatic heterocycles. The second kappa shape index (κ2) is 6.22. The van der Waals surface area contributed by atoms with Crippen LogP contribution in [0.1, 0.15) is 34.3 Å². The summed E-state index contributed by atoms with van der Waals surface area (Å²) < 4.78 is 72.0. The number of rotatable bonds is 3. The van der Waals surface area contributed by atoms with Crippen molar-refractivity contribution >= 4 is 5.78 Å². The maximum absolute atomic E-state index is 13.7. The van der Waals surface area contributed by atoms with Crippen LogP contribution in [0, 0.1) is 29.1 Å². The highest BCUT2D eigenvalue weighted by Crippen LogP contribution is 2.31. The van der Waals surface area contributed by atoms with Gasteiger partial charge in [0.25, 0.3) is 0 Å². The molecule has 0 fully saturated rings. The van der Waals surface area contributed by atoms with Gasteiger partial charge in [0.2, 0.25) is 5.82 Å². The van der Waals surface area contributed by atoms with Crippen LogP contribution in [0.5, 0.6) is 5.75 Å². The van der Waals surface area contributed by atoms with Crippen LogP contribution in [-0.2, 0) is 13.0 Å². The molecule has 0 bridgehead atoms. The quantitative estimate of drug-likeness (QED) is 0.467. The summed E-state index contributed by atoms with van der Waals surface area (Å²) in [4.78, 5) is 11.8. The molecular formula is C17H11F5O2. The molecule has 0 unspecified atom stereocenters. The Balaban J connectivity index is 1.93. The highest BCUT2D eigenvalue weighted by Gasteiger charge is 2.26. The molecule has 2 aromatic rings. The van der Waals surface area contributed by atoms with E-state index in [1.165, 1.54) is 12.1 Å². The average molecular weight is 342 g/mol. The average Bonchev–Trinajstić information content (AvgIpc) is 2.59. The van der Waals surface area contributed by atoms with Crippen LogP contribution in [0.15, 0.2) is 18.2 Å². The van der Waals surface area contributed by atoms with Crippen molar-refractivity contribution in [1.29, 1.82) is 0 Å². The van der Waals surface area contributed by atoms with Crippen LogP contribution in [-0.4, -0.2) is 5.78 Å². The number of benzene rings is 2. The van der Waals surface area contributed by atoms with Crippen molar-refractivity contribution in [3.63, 3.8) is 0 Å². The summed E-state index contributed by atoms with van der Waals surface area (Å²) in [7, 11) is 0. The monoisotopic (exact) mass is 342 g/mol. The molecule has 24 heavy (non-hydrogen) atoms. The minimum atomic E-state index is -2.21. The highest BCUT2D eigenvalue weighted by molar-refractivity contribution is 5.99. The number of fused-ring (bicyclic) bond motifs is 1. The Bertz CT molecular complexity index is 803. The fourth-order valence-corrected chi connectivity index (χ4v) is 2.71. The second-order valence-corrected chi connectivity index (χ2v) is 5.40. The predicted octanol–water partition coefficient (Wildman–Crippen LogP) is 4.48. The fraction of sp³-hybridized carbons (Fsp3) is 0.235. The number of hydrogen-bond acceptors (Lipinski definition) is 2. The first-order valence-electron chi connectivity index (χ1n) is 7.20. The molecule has 2 nitrogen and oxygen atoms in total. The van der Waals surface area contributed by atoms with Gasteiger partial charge >= 0.3 is 0 Å². The van der Waals surface area contributed by atoms with Crippen molar-refractivity contribution in [2.75, 3.05) is 0 Å². The molecule has 0 aromatic heterocycles. The zero-order valence-corrected chi connectivity index (χ0v) is 12.3. The Morgan fingerprint density at radius 3 is 2.17 bits per heavy atom. The zero-order valence-electron chi connectivity index (χ0n) is 12.3. The summed E-state index contributed by atoms with van der Waals surface area (Å²) in [6.07, 6.45) is 1.54. The standard InChI is InChI=1S/C17H11F5O2/c18-13-10(14(19)16(21)17(22)15(13)20)7-24-12-6-2-3-8-9(12)4-1-5-11(8)23/h2-3,6H,1,4-5,7H2. The second-order valence-electron chi connectivity index (χ2n) is 5.40. The number of carbonyl (C=O) groups is 1. The van der Waals surface area contributed by atoms with Gasteiger partial charge in [-0.2, -0.15) is 0 Å². The molecule has 126 valence electrons. The fourth-order valence-electron chi connectivity index (χ4n) is 2.71. The number of hydrogen-bond donors (Lipinski definition) is 0. The summed E-state index contributed by atoms with van der Waals surface area (Å²) in [5, 5.41) is 0. The van der Waals surface area contributed by atoms with Crippen LogP contribution in [0.25, 0.3) is 0 Å². The first-order valence-corrected chi connectivity index (χ1v) is 7.20. The van der Waals surface area contributed by atoms with Gasteiger partial charge in [0.05, 0.1) is 5.56 Å². The number of ether oxygens (including phenoxy) is 1. The third kappa shape index (κ3) is 2.64. The van der Waals surface area contributed by atoms with E-state index in [9.17, 15) is 26.7 Å². The van der Waals surface area contributed by atoms with Gasteiger partial charge in [0, 0.05) is 17.5 Å². The van der Waals surface area contributed by atoms with Gasteiger partial charge in [-0.3, -0.25) is 4.79 Å². The van der Waals surface area contributed by atoms with Gasteiger partial charge in [-0.25, -0.2) is 22.0 Å². The van der Waals surface area contributed by atoms with E-state index in [1.54, 1.807) is 6.07 Å². The molecule has 7 heteroatoms. The Hall–Kier alpha value is -2.44. The van der Waals surface area contributed by atoms with E-state index in [4.69, 9.17) is 4.74 Å². The summed E-state index contributed by atoms with van der Waals surface area (Å²) >= 11 is 0. The van der Waals surface area contributed by atoms with E-state index < -0.39 is 41.3 Å². The zero-order chi connectivity index (χ0) is 17.4. The van der Waals surface area contributed by atoms with Gasteiger partial charge in [-0.15, -0.1) is 0 Å². The minimum absolute atomic E-state index is 0.0714. The SMILES string of the molecule is O=C1CCCc2c(OCc3c(F)c(F)c(F)c(F)c3F)cccc21. The van der Waals surface area contributed by atoms with Crippen molar-refractivity contribution in [2.24, 2.45) is 0 Å². The lowest BCUT2D eigenvalue weighted by atomic mass is 9.90. The molecule has 0 spiro atoms. The number of Topliss-reactive ketones (excluding diaryl/α,β-unsaturated/α-hetero) is 1. The van der Waals surface area contributed by atoms with E-state index >= 15 is 0 Å². The van der Waals surface area contributed by atoms with Gasteiger partial charge in [-0.1, -0.05) is 12.1 Å². The van der Waals surface area contributed by atoms with E-state index in [1.807, 2.05) is 0 Å². The molecule has 1 aliphatic carbocycles. The van der Waals surface area contributed by atoms with Gasteiger partial charge in [0.1, 0.15) is 12.4 Å². The minimum Gasteiger partial charge on any atom is -0.488 e. The van der Waals surface area contributed by atoms with E-state index in [2.05, 4.69) is 0 Å². The number of halogens is 5.